The molecule has 3 fully saturated rings. The number of Topliss-reactive ketones (excluding diaryl/α,β-unsaturated/α-hetero) is 2. The molecule has 1 unspecified atom stereocenters. The van der Waals surface area contributed by atoms with Crippen molar-refractivity contribution >= 4 is 56.4 Å². The lowest BCUT2D eigenvalue weighted by Crippen LogP contribution is -2.73. The van der Waals surface area contributed by atoms with E-state index in [-0.39, 0.29) is 35.5 Å². The van der Waals surface area contributed by atoms with Crippen molar-refractivity contribution in [3.8, 4) is 5.75 Å². The number of ether oxygens (including phenoxy) is 1. The Hall–Kier alpha value is -2.95. The number of ketones is 2. The minimum Gasteiger partial charge on any atom is -0.496 e. The number of nitrogens with zero attached hydrogens (tertiary/aromatic N) is 1. The third-order valence-corrected chi connectivity index (χ3v) is 10.3. The lowest BCUT2D eigenvalue weighted by atomic mass is 9.85. The number of sulfone groups is 1. The summed E-state index contributed by atoms with van der Waals surface area (Å²) in [5.74, 6) is -1.73. The van der Waals surface area contributed by atoms with E-state index in [0.717, 1.165) is 0 Å². The first-order valence-electron chi connectivity index (χ1n) is 12.4. The Bertz CT molecular complexity index is 1410. The average molecular weight is 596 g/mol. The van der Waals surface area contributed by atoms with E-state index < -0.39 is 32.3 Å². The van der Waals surface area contributed by atoms with Gasteiger partial charge in [0.05, 0.1) is 17.9 Å². The minimum atomic E-state index is -4.16. The van der Waals surface area contributed by atoms with Crippen LogP contribution in [-0.4, -0.2) is 61.8 Å². The summed E-state index contributed by atoms with van der Waals surface area (Å²) in [4.78, 5) is 46.6. The van der Waals surface area contributed by atoms with Gasteiger partial charge in [0.25, 0.3) is 0 Å². The van der Waals surface area contributed by atoms with Crippen LogP contribution in [0.15, 0.2) is 47.4 Å². The van der Waals surface area contributed by atoms with E-state index in [4.69, 9.17) is 27.9 Å². The first kappa shape index (κ1) is 29.0. The number of hydrogen-bond acceptors (Lipinski definition) is 7. The van der Waals surface area contributed by atoms with Gasteiger partial charge in [-0.3, -0.25) is 19.2 Å². The molecule has 5 rings (SSSR count). The number of β-lactam (4-membered cyclic amide) rings is 1. The Labute approximate surface area is 236 Å². The van der Waals surface area contributed by atoms with Crippen molar-refractivity contribution in [2.45, 2.75) is 42.4 Å². The number of halogens is 2. The predicted molar refractivity (Wildman–Crippen MR) is 144 cm³/mol. The largest absolute Gasteiger partial charge is 0.496 e. The van der Waals surface area contributed by atoms with Gasteiger partial charge in [-0.2, -0.15) is 0 Å². The summed E-state index contributed by atoms with van der Waals surface area (Å²) in [6.45, 7) is 2.05. The molecule has 208 valence electrons. The number of rotatable bonds is 5. The molecule has 2 amide bonds. The van der Waals surface area contributed by atoms with Crippen LogP contribution in [0.4, 0.5) is 0 Å². The van der Waals surface area contributed by atoms with Crippen LogP contribution in [0.1, 0.15) is 31.7 Å². The number of nitrogens with one attached hydrogen (secondary N) is 1. The molecule has 0 bridgehead atoms. The van der Waals surface area contributed by atoms with Gasteiger partial charge in [-0.15, -0.1) is 0 Å². The maximum atomic E-state index is 13.6. The number of benzene rings is 2. The fourth-order valence-corrected chi connectivity index (χ4v) is 7.97. The van der Waals surface area contributed by atoms with Gasteiger partial charge in [-0.25, -0.2) is 8.42 Å². The van der Waals surface area contributed by atoms with Crippen LogP contribution in [0.2, 0.25) is 10.0 Å². The van der Waals surface area contributed by atoms with E-state index in [1.54, 1.807) is 18.2 Å². The Kier molecular flexibility index (Phi) is 8.39. The van der Waals surface area contributed by atoms with Crippen molar-refractivity contribution in [2.75, 3.05) is 20.2 Å². The van der Waals surface area contributed by atoms with Gasteiger partial charge >= 0.3 is 0 Å². The summed E-state index contributed by atoms with van der Waals surface area (Å²) in [6.07, 6.45) is 1.52. The second-order valence-corrected chi connectivity index (χ2v) is 12.7. The molecule has 2 aromatic carbocycles. The Balaban J connectivity index is 0.000000333. The van der Waals surface area contributed by atoms with E-state index in [9.17, 15) is 27.6 Å². The molecular weight excluding hydrogens is 567 g/mol. The summed E-state index contributed by atoms with van der Waals surface area (Å²) in [7, 11) is -2.65. The number of hydrogen-bond donors (Lipinski definition) is 1. The lowest BCUT2D eigenvalue weighted by Gasteiger charge is -2.49. The summed E-state index contributed by atoms with van der Waals surface area (Å²) in [5, 5.41) is 3.47. The maximum absolute atomic E-state index is 13.6. The van der Waals surface area contributed by atoms with Gasteiger partial charge < -0.3 is 15.0 Å². The molecule has 0 saturated carbocycles. The summed E-state index contributed by atoms with van der Waals surface area (Å²) in [5.41, 5.74) is 0.685. The Morgan fingerprint density at radius 1 is 1.00 bits per heavy atom. The third kappa shape index (κ3) is 5.17. The maximum Gasteiger partial charge on any atom is 0.231 e. The molecule has 0 spiro atoms. The van der Waals surface area contributed by atoms with Crippen LogP contribution in [0.3, 0.4) is 0 Å². The predicted octanol–water partition coefficient (Wildman–Crippen LogP) is 3.25. The zero-order valence-electron chi connectivity index (χ0n) is 21.4. The highest BCUT2D eigenvalue weighted by molar-refractivity contribution is 7.93. The summed E-state index contributed by atoms with van der Waals surface area (Å²) >= 11 is 12.0. The Morgan fingerprint density at radius 2 is 1.67 bits per heavy atom. The standard InChI is InChI=1S/C21H19Cl2NO5S.C6H9NO2/c1-12-20(26)24-11-14(9-13-10-16(23)5-8-18(13)29-2)19(25)21(12,24)30(27,28)17-6-3-15(22)4-7-17;8-5-1-2-6(9)7-4-3-5/h3-8,10,12,14H,9,11H2,1-2H3;1-4H2,(H,7,9)/t12-,14+,21?;/m1./s1. The van der Waals surface area contributed by atoms with Crippen LogP contribution in [0.25, 0.3) is 0 Å². The molecule has 3 aliphatic heterocycles. The van der Waals surface area contributed by atoms with Gasteiger partial charge in [0.2, 0.25) is 26.5 Å². The van der Waals surface area contributed by atoms with Gasteiger partial charge in [-0.05, 0) is 61.4 Å². The van der Waals surface area contributed by atoms with Crippen LogP contribution < -0.4 is 10.1 Å². The van der Waals surface area contributed by atoms with Crippen molar-refractivity contribution in [1.29, 1.82) is 0 Å². The quantitative estimate of drug-likeness (QED) is 0.526. The molecular formula is C27H28Cl2N2O7S. The van der Waals surface area contributed by atoms with Gasteiger partial charge in [0, 0.05) is 48.3 Å². The first-order valence-corrected chi connectivity index (χ1v) is 14.6. The number of methoxy groups -OCH3 is 1. The number of carbonyl (C=O) groups excluding carboxylic acids is 4. The number of carbonyl (C=O) groups is 4. The highest BCUT2D eigenvalue weighted by Gasteiger charge is 2.75. The molecule has 3 aliphatic rings. The molecule has 39 heavy (non-hydrogen) atoms. The smallest absolute Gasteiger partial charge is 0.231 e. The third-order valence-electron chi connectivity index (χ3n) is 7.35. The molecule has 1 N–H and O–H groups in total. The van der Waals surface area contributed by atoms with E-state index in [1.165, 1.54) is 43.2 Å². The van der Waals surface area contributed by atoms with Gasteiger partial charge in [0.15, 0.2) is 5.78 Å². The van der Waals surface area contributed by atoms with E-state index >= 15 is 0 Å². The number of amides is 2. The van der Waals surface area contributed by atoms with E-state index in [2.05, 4.69) is 5.32 Å². The van der Waals surface area contributed by atoms with E-state index in [1.807, 2.05) is 0 Å². The second-order valence-electron chi connectivity index (χ2n) is 9.68. The second kappa shape index (κ2) is 11.3. The lowest BCUT2D eigenvalue weighted by molar-refractivity contribution is -0.159. The Morgan fingerprint density at radius 3 is 2.33 bits per heavy atom. The molecule has 3 heterocycles. The fraction of sp³-hybridized carbons (Fsp3) is 0.407. The fourth-order valence-electron chi connectivity index (χ4n) is 5.34. The van der Waals surface area contributed by atoms with Gasteiger partial charge in [0.1, 0.15) is 11.5 Å². The van der Waals surface area contributed by atoms with Crippen molar-refractivity contribution in [3.05, 3.63) is 58.1 Å². The highest BCUT2D eigenvalue weighted by Crippen LogP contribution is 2.52. The SMILES string of the molecule is COc1ccc(Cl)cc1C[C@H]1CN2C(=O)[C@@H](C)C2(S(=O)(=O)c2ccc(Cl)cc2)C1=O.O=C1CCNC(=O)CC1. The topological polar surface area (TPSA) is 127 Å². The molecule has 3 atom stereocenters. The molecule has 0 aromatic heterocycles. The average Bonchev–Trinajstić information content (AvgIpc) is 3.02. The van der Waals surface area contributed by atoms with Crippen LogP contribution in [0.5, 0.6) is 5.75 Å². The van der Waals surface area contributed by atoms with Crippen molar-refractivity contribution in [2.24, 2.45) is 11.8 Å². The zero-order valence-corrected chi connectivity index (χ0v) is 23.7. The van der Waals surface area contributed by atoms with Crippen LogP contribution in [0, 0.1) is 11.8 Å². The highest BCUT2D eigenvalue weighted by atomic mass is 35.5. The molecule has 3 saturated heterocycles. The van der Waals surface area contributed by atoms with Crippen LogP contribution >= 0.6 is 23.2 Å². The van der Waals surface area contributed by atoms with E-state index in [0.29, 0.717) is 47.2 Å². The zero-order chi connectivity index (χ0) is 28.5. The monoisotopic (exact) mass is 594 g/mol. The van der Waals surface area contributed by atoms with Crippen LogP contribution in [-0.2, 0) is 35.4 Å². The number of fused-ring (bicyclic) bond motifs is 1. The molecule has 2 aromatic rings. The molecule has 0 radical (unpaired) electrons. The normalized spacial score (nSPS) is 24.7. The molecule has 9 nitrogen and oxygen atoms in total. The first-order chi connectivity index (χ1) is 18.4. The van der Waals surface area contributed by atoms with Crippen molar-refractivity contribution in [3.63, 3.8) is 0 Å². The van der Waals surface area contributed by atoms with Crippen molar-refractivity contribution < 1.29 is 32.3 Å². The van der Waals surface area contributed by atoms with Crippen molar-refractivity contribution in [1.82, 2.24) is 10.2 Å². The molecule has 12 heteroatoms. The van der Waals surface area contributed by atoms with Gasteiger partial charge in [-0.1, -0.05) is 23.2 Å². The minimum absolute atomic E-state index is 0.000787. The molecule has 0 aliphatic carbocycles. The summed E-state index contributed by atoms with van der Waals surface area (Å²) in [6, 6.07) is 10.7. The summed E-state index contributed by atoms with van der Waals surface area (Å²) < 4.78 is 32.5.